The quantitative estimate of drug-likeness (QED) is 0.229. The zero-order valence-corrected chi connectivity index (χ0v) is 21.2. The minimum absolute atomic E-state index is 0.0423. The summed E-state index contributed by atoms with van der Waals surface area (Å²) in [4.78, 5) is 31.8. The molecule has 36 heavy (non-hydrogen) atoms. The standard InChI is InChI=1S/C27H30N2O7/c1-6-7-8-9-12-29-25(16-13-20(33-3)24(35-5)21(14-16)34-4)28-26-22(27(29)31)23(30)18-11-10-17(32-2)15-19(18)36-26/h10-11,13-15H,6-9,12H2,1-5H3. The van der Waals surface area contributed by atoms with Crippen LogP contribution in [-0.4, -0.2) is 38.0 Å². The van der Waals surface area contributed by atoms with E-state index in [0.717, 1.165) is 25.7 Å². The Kier molecular flexibility index (Phi) is 7.47. The van der Waals surface area contributed by atoms with Gasteiger partial charge in [0.1, 0.15) is 17.2 Å². The Morgan fingerprint density at radius 2 is 1.61 bits per heavy atom. The molecule has 0 N–H and O–H groups in total. The lowest BCUT2D eigenvalue weighted by Crippen LogP contribution is -2.27. The van der Waals surface area contributed by atoms with Gasteiger partial charge >= 0.3 is 0 Å². The molecule has 0 aliphatic carbocycles. The Balaban J connectivity index is 2.03. The number of benzene rings is 2. The highest BCUT2D eigenvalue weighted by Crippen LogP contribution is 2.41. The van der Waals surface area contributed by atoms with Gasteiger partial charge in [-0.15, -0.1) is 0 Å². The van der Waals surface area contributed by atoms with Crippen LogP contribution in [0.4, 0.5) is 0 Å². The van der Waals surface area contributed by atoms with Gasteiger partial charge in [-0.1, -0.05) is 26.2 Å². The van der Waals surface area contributed by atoms with Crippen molar-refractivity contribution in [3.63, 3.8) is 0 Å². The SMILES string of the molecule is CCCCCCn1c(-c2cc(OC)c(OC)c(OC)c2)nc2oc3cc(OC)ccc3c(=O)c2c1=O. The van der Waals surface area contributed by atoms with Crippen LogP contribution in [-0.2, 0) is 6.54 Å². The van der Waals surface area contributed by atoms with Gasteiger partial charge in [0.2, 0.25) is 16.9 Å². The fourth-order valence-electron chi connectivity index (χ4n) is 4.28. The monoisotopic (exact) mass is 494 g/mol. The molecule has 4 rings (SSSR count). The van der Waals surface area contributed by atoms with Crippen LogP contribution in [0.25, 0.3) is 33.5 Å². The van der Waals surface area contributed by atoms with Crippen LogP contribution in [0.5, 0.6) is 23.0 Å². The molecule has 0 saturated heterocycles. The molecule has 0 fully saturated rings. The average Bonchev–Trinajstić information content (AvgIpc) is 2.90. The second kappa shape index (κ2) is 10.7. The third-order valence-corrected chi connectivity index (χ3v) is 6.16. The molecule has 2 aromatic carbocycles. The largest absolute Gasteiger partial charge is 0.497 e. The van der Waals surface area contributed by atoms with Crippen molar-refractivity contribution in [1.29, 1.82) is 0 Å². The first-order valence-corrected chi connectivity index (χ1v) is 11.8. The van der Waals surface area contributed by atoms with E-state index in [4.69, 9.17) is 23.4 Å². The highest BCUT2D eigenvalue weighted by atomic mass is 16.5. The molecule has 0 aliphatic rings. The van der Waals surface area contributed by atoms with Crippen LogP contribution in [0.2, 0.25) is 0 Å². The molecule has 0 spiro atoms. The van der Waals surface area contributed by atoms with Crippen molar-refractivity contribution in [2.45, 2.75) is 39.2 Å². The van der Waals surface area contributed by atoms with E-state index in [9.17, 15) is 9.59 Å². The van der Waals surface area contributed by atoms with Crippen molar-refractivity contribution in [2.75, 3.05) is 28.4 Å². The molecule has 190 valence electrons. The Labute approximate surface area is 208 Å². The molecule has 0 aliphatic heterocycles. The average molecular weight is 495 g/mol. The number of nitrogens with zero attached hydrogens (tertiary/aromatic N) is 2. The molecule has 2 heterocycles. The molecule has 0 unspecified atom stereocenters. The molecule has 9 heteroatoms. The predicted molar refractivity (Wildman–Crippen MR) is 138 cm³/mol. The molecule has 0 radical (unpaired) electrons. The van der Waals surface area contributed by atoms with Gasteiger partial charge in [0.15, 0.2) is 16.9 Å². The summed E-state index contributed by atoms with van der Waals surface area (Å²) in [5.41, 5.74) is -0.0705. The van der Waals surface area contributed by atoms with Gasteiger partial charge in [0.05, 0.1) is 33.8 Å². The Bertz CT molecular complexity index is 1500. The van der Waals surface area contributed by atoms with Crippen molar-refractivity contribution in [2.24, 2.45) is 0 Å². The zero-order chi connectivity index (χ0) is 25.8. The third kappa shape index (κ3) is 4.48. The second-order valence-corrected chi connectivity index (χ2v) is 8.34. The fraction of sp³-hybridized carbons (Fsp3) is 0.370. The van der Waals surface area contributed by atoms with Gasteiger partial charge in [-0.05, 0) is 30.7 Å². The Hall–Kier alpha value is -4.01. The molecule has 0 amide bonds. The third-order valence-electron chi connectivity index (χ3n) is 6.16. The number of ether oxygens (including phenoxy) is 4. The number of aromatic nitrogens is 2. The van der Waals surface area contributed by atoms with Crippen LogP contribution >= 0.6 is 0 Å². The lowest BCUT2D eigenvalue weighted by atomic mass is 10.1. The lowest BCUT2D eigenvalue weighted by Gasteiger charge is -2.17. The van der Waals surface area contributed by atoms with E-state index in [1.807, 2.05) is 0 Å². The molecule has 0 saturated carbocycles. The topological polar surface area (TPSA) is 102 Å². The smallest absolute Gasteiger partial charge is 0.269 e. The summed E-state index contributed by atoms with van der Waals surface area (Å²) in [6, 6.07) is 8.30. The van der Waals surface area contributed by atoms with Crippen LogP contribution in [0.3, 0.4) is 0 Å². The minimum atomic E-state index is -0.452. The normalized spacial score (nSPS) is 11.1. The van der Waals surface area contributed by atoms with E-state index < -0.39 is 11.0 Å². The van der Waals surface area contributed by atoms with E-state index in [2.05, 4.69) is 11.9 Å². The lowest BCUT2D eigenvalue weighted by molar-refractivity contribution is 0.324. The summed E-state index contributed by atoms with van der Waals surface area (Å²) in [6.45, 7) is 2.52. The summed E-state index contributed by atoms with van der Waals surface area (Å²) in [5, 5.41) is 0.208. The molecule has 9 nitrogen and oxygen atoms in total. The van der Waals surface area contributed by atoms with Crippen LogP contribution in [0.15, 0.2) is 44.3 Å². The van der Waals surface area contributed by atoms with E-state index in [-0.39, 0.29) is 16.7 Å². The van der Waals surface area contributed by atoms with E-state index in [0.29, 0.717) is 46.3 Å². The Morgan fingerprint density at radius 3 is 2.22 bits per heavy atom. The zero-order valence-electron chi connectivity index (χ0n) is 21.2. The Morgan fingerprint density at radius 1 is 0.889 bits per heavy atom. The van der Waals surface area contributed by atoms with E-state index in [1.165, 1.54) is 33.0 Å². The number of methoxy groups -OCH3 is 4. The number of rotatable bonds is 10. The first kappa shape index (κ1) is 25.1. The molecule has 0 bridgehead atoms. The fourth-order valence-corrected chi connectivity index (χ4v) is 4.28. The second-order valence-electron chi connectivity index (χ2n) is 8.34. The first-order chi connectivity index (χ1) is 17.5. The van der Waals surface area contributed by atoms with Crippen molar-refractivity contribution < 1.29 is 23.4 Å². The molecule has 4 aromatic rings. The van der Waals surface area contributed by atoms with Gasteiger partial charge in [-0.25, -0.2) is 0 Å². The van der Waals surface area contributed by atoms with Crippen molar-refractivity contribution >= 4 is 22.1 Å². The van der Waals surface area contributed by atoms with Crippen LogP contribution in [0, 0.1) is 0 Å². The number of fused-ring (bicyclic) bond motifs is 2. The van der Waals surface area contributed by atoms with Gasteiger partial charge in [0.25, 0.3) is 5.56 Å². The van der Waals surface area contributed by atoms with E-state index in [1.54, 1.807) is 30.3 Å². The number of hydrogen-bond acceptors (Lipinski definition) is 8. The molecule has 0 atom stereocenters. The molecular formula is C27H30N2O7. The van der Waals surface area contributed by atoms with Crippen molar-refractivity contribution in [1.82, 2.24) is 9.55 Å². The maximum Gasteiger partial charge on any atom is 0.269 e. The summed E-state index contributed by atoms with van der Waals surface area (Å²) in [5.74, 6) is 2.13. The predicted octanol–water partition coefficient (Wildman–Crippen LogP) is 4.78. The summed E-state index contributed by atoms with van der Waals surface area (Å²) < 4.78 is 29.2. The van der Waals surface area contributed by atoms with Crippen molar-refractivity contribution in [3.8, 4) is 34.4 Å². The first-order valence-electron chi connectivity index (χ1n) is 11.8. The van der Waals surface area contributed by atoms with E-state index >= 15 is 0 Å². The summed E-state index contributed by atoms with van der Waals surface area (Å²) in [7, 11) is 6.08. The maximum absolute atomic E-state index is 13.8. The van der Waals surface area contributed by atoms with Crippen LogP contribution < -0.4 is 29.9 Å². The van der Waals surface area contributed by atoms with Gasteiger partial charge in [-0.2, -0.15) is 4.98 Å². The number of hydrogen-bond donors (Lipinski definition) is 0. The van der Waals surface area contributed by atoms with Gasteiger partial charge in [-0.3, -0.25) is 14.2 Å². The van der Waals surface area contributed by atoms with Crippen LogP contribution in [0.1, 0.15) is 32.6 Å². The highest BCUT2D eigenvalue weighted by molar-refractivity contribution is 5.89. The highest BCUT2D eigenvalue weighted by Gasteiger charge is 2.22. The van der Waals surface area contributed by atoms with Crippen molar-refractivity contribution in [3.05, 3.63) is 50.9 Å². The maximum atomic E-state index is 13.8. The number of unbranched alkanes of at least 4 members (excludes halogenated alkanes) is 3. The molecular weight excluding hydrogens is 464 g/mol. The minimum Gasteiger partial charge on any atom is -0.497 e. The van der Waals surface area contributed by atoms with Gasteiger partial charge in [0, 0.05) is 18.2 Å². The summed E-state index contributed by atoms with van der Waals surface area (Å²) in [6.07, 6.45) is 3.81. The van der Waals surface area contributed by atoms with Gasteiger partial charge < -0.3 is 23.4 Å². The molecule has 2 aromatic heterocycles. The summed E-state index contributed by atoms with van der Waals surface area (Å²) >= 11 is 0.